The van der Waals surface area contributed by atoms with Crippen molar-refractivity contribution in [2.24, 2.45) is 10.9 Å². The maximum absolute atomic E-state index is 11.8. The van der Waals surface area contributed by atoms with E-state index in [-0.39, 0.29) is 15.6 Å². The molecule has 0 amide bonds. The van der Waals surface area contributed by atoms with E-state index in [0.29, 0.717) is 0 Å². The fraction of sp³-hybridized carbons (Fsp3) is 0.222. The fourth-order valence-corrected chi connectivity index (χ4v) is 3.02. The number of rotatable bonds is 5. The van der Waals surface area contributed by atoms with Gasteiger partial charge in [-0.25, -0.2) is 22.0 Å². The number of hydrogen-bond acceptors (Lipinski definition) is 5. The van der Waals surface area contributed by atoms with Gasteiger partial charge in [-0.3, -0.25) is 4.72 Å². The molecule has 1 aromatic rings. The molecule has 0 aromatic heterocycles. The molecule has 0 aliphatic heterocycles. The van der Waals surface area contributed by atoms with Crippen LogP contribution < -0.4 is 15.6 Å². The summed E-state index contributed by atoms with van der Waals surface area (Å²) in [6.45, 7) is 1.33. The summed E-state index contributed by atoms with van der Waals surface area (Å²) < 4.78 is 48.2. The summed E-state index contributed by atoms with van der Waals surface area (Å²) in [7, 11) is -7.73. The van der Waals surface area contributed by atoms with Crippen LogP contribution >= 0.6 is 12.2 Å². The lowest BCUT2D eigenvalue weighted by Crippen LogP contribution is -2.35. The van der Waals surface area contributed by atoms with E-state index in [1.165, 1.54) is 25.1 Å². The van der Waals surface area contributed by atoms with Gasteiger partial charge in [-0.05, 0) is 25.1 Å². The first-order valence-electron chi connectivity index (χ1n) is 4.98. The second-order valence-corrected chi connectivity index (χ2v) is 7.80. The minimum Gasteiger partial charge on any atom is -0.392 e. The van der Waals surface area contributed by atoms with Gasteiger partial charge in [-0.15, -0.1) is 0 Å². The van der Waals surface area contributed by atoms with Crippen LogP contribution in [-0.2, 0) is 20.0 Å². The number of nitrogens with one attached hydrogen (secondary N) is 1. The second-order valence-electron chi connectivity index (χ2n) is 3.76. The van der Waals surface area contributed by atoms with Crippen molar-refractivity contribution in [3.8, 4) is 0 Å². The SMILES string of the molecule is CC(C(N)=S)S(=O)(=O)Nc1cccc(S(N)(=O)=O)c1. The van der Waals surface area contributed by atoms with Gasteiger partial charge in [0.25, 0.3) is 0 Å². The Kier molecular flexibility index (Phi) is 4.50. The van der Waals surface area contributed by atoms with Gasteiger partial charge in [0, 0.05) is 5.69 Å². The number of sulfonamides is 2. The quantitative estimate of drug-likeness (QED) is 0.640. The predicted molar refractivity (Wildman–Crippen MR) is 76.6 cm³/mol. The van der Waals surface area contributed by atoms with Crippen molar-refractivity contribution in [2.75, 3.05) is 4.72 Å². The van der Waals surface area contributed by atoms with E-state index in [2.05, 4.69) is 16.9 Å². The molecular formula is C9H13N3O4S3. The first-order valence-corrected chi connectivity index (χ1v) is 8.48. The van der Waals surface area contributed by atoms with Crippen LogP contribution in [0.2, 0.25) is 0 Å². The van der Waals surface area contributed by atoms with Crippen molar-refractivity contribution < 1.29 is 16.8 Å². The zero-order valence-electron chi connectivity index (χ0n) is 9.90. The summed E-state index contributed by atoms with van der Waals surface area (Å²) in [6, 6.07) is 5.12. The van der Waals surface area contributed by atoms with E-state index in [9.17, 15) is 16.8 Å². The Morgan fingerprint density at radius 2 is 1.89 bits per heavy atom. The minimum absolute atomic E-state index is 0.0645. The minimum atomic E-state index is -3.90. The van der Waals surface area contributed by atoms with Gasteiger partial charge in [-0.2, -0.15) is 0 Å². The zero-order chi connectivity index (χ0) is 14.8. The predicted octanol–water partition coefficient (Wildman–Crippen LogP) is -0.250. The van der Waals surface area contributed by atoms with Crippen LogP contribution in [-0.4, -0.2) is 27.1 Å². The molecule has 106 valence electrons. The molecule has 0 saturated carbocycles. The number of thiocarbonyl (C=S) groups is 1. The third-order valence-corrected chi connectivity index (χ3v) is 5.41. The van der Waals surface area contributed by atoms with E-state index in [0.717, 1.165) is 6.07 Å². The molecule has 0 aliphatic carbocycles. The fourth-order valence-electron chi connectivity index (χ4n) is 1.14. The molecule has 1 aromatic carbocycles. The first kappa shape index (κ1) is 15.8. The Labute approximate surface area is 117 Å². The number of benzene rings is 1. The normalized spacial score (nSPS) is 13.8. The highest BCUT2D eigenvalue weighted by Gasteiger charge is 2.23. The first-order chi connectivity index (χ1) is 8.54. The molecule has 0 aliphatic rings. The van der Waals surface area contributed by atoms with E-state index in [1.807, 2.05) is 0 Å². The maximum atomic E-state index is 11.8. The largest absolute Gasteiger partial charge is 0.392 e. The van der Waals surface area contributed by atoms with Crippen molar-refractivity contribution in [1.29, 1.82) is 0 Å². The van der Waals surface area contributed by atoms with Crippen LogP contribution in [0.4, 0.5) is 5.69 Å². The summed E-state index contributed by atoms with van der Waals surface area (Å²) >= 11 is 4.61. The van der Waals surface area contributed by atoms with Crippen LogP contribution in [0, 0.1) is 0 Å². The summed E-state index contributed by atoms with van der Waals surface area (Å²) in [4.78, 5) is -0.384. The Balaban J connectivity index is 3.11. The molecule has 0 radical (unpaired) electrons. The molecule has 0 spiro atoms. The van der Waals surface area contributed by atoms with Crippen LogP contribution in [0.1, 0.15) is 6.92 Å². The monoisotopic (exact) mass is 323 g/mol. The highest BCUT2D eigenvalue weighted by atomic mass is 32.2. The molecule has 10 heteroatoms. The lowest BCUT2D eigenvalue weighted by atomic mass is 10.3. The van der Waals surface area contributed by atoms with Crippen LogP contribution in [0.3, 0.4) is 0 Å². The molecule has 0 fully saturated rings. The van der Waals surface area contributed by atoms with Crippen LogP contribution in [0.5, 0.6) is 0 Å². The van der Waals surface area contributed by atoms with Crippen LogP contribution in [0.25, 0.3) is 0 Å². The topological polar surface area (TPSA) is 132 Å². The molecule has 1 rings (SSSR count). The number of hydrogen-bond donors (Lipinski definition) is 3. The van der Waals surface area contributed by atoms with Crippen molar-refractivity contribution in [2.45, 2.75) is 17.1 Å². The summed E-state index contributed by atoms with van der Waals surface area (Å²) in [5.41, 5.74) is 5.34. The van der Waals surface area contributed by atoms with Gasteiger partial charge in [-0.1, -0.05) is 18.3 Å². The maximum Gasteiger partial charge on any atom is 0.241 e. The molecule has 1 atom stereocenters. The zero-order valence-corrected chi connectivity index (χ0v) is 12.3. The van der Waals surface area contributed by atoms with Gasteiger partial charge in [0.1, 0.15) is 5.25 Å². The molecule has 0 heterocycles. The highest BCUT2D eigenvalue weighted by Crippen LogP contribution is 2.16. The average molecular weight is 323 g/mol. The number of primary sulfonamides is 1. The number of anilines is 1. The Hall–Kier alpha value is -1.23. The Bertz CT molecular complexity index is 697. The van der Waals surface area contributed by atoms with Gasteiger partial charge in [0.05, 0.1) is 9.88 Å². The van der Waals surface area contributed by atoms with Crippen molar-refractivity contribution in [3.05, 3.63) is 24.3 Å². The highest BCUT2D eigenvalue weighted by molar-refractivity contribution is 7.95. The van der Waals surface area contributed by atoms with Crippen LogP contribution in [0.15, 0.2) is 29.2 Å². The Morgan fingerprint density at radius 3 is 2.37 bits per heavy atom. The lowest BCUT2D eigenvalue weighted by molar-refractivity contribution is 0.595. The Morgan fingerprint density at radius 1 is 1.32 bits per heavy atom. The second kappa shape index (κ2) is 5.41. The third kappa shape index (κ3) is 4.13. The third-order valence-electron chi connectivity index (χ3n) is 2.29. The van der Waals surface area contributed by atoms with Gasteiger partial charge in [0.15, 0.2) is 0 Å². The van der Waals surface area contributed by atoms with Gasteiger partial charge < -0.3 is 5.73 Å². The smallest absolute Gasteiger partial charge is 0.241 e. The average Bonchev–Trinajstić information content (AvgIpc) is 2.26. The summed E-state index contributed by atoms with van der Waals surface area (Å²) in [6.07, 6.45) is 0. The number of nitrogens with two attached hydrogens (primary N) is 2. The standard InChI is InChI=1S/C9H13N3O4S3/c1-6(9(10)17)19(15,16)12-7-3-2-4-8(5-7)18(11,13)14/h2-6,12H,1H3,(H2,10,17)(H2,11,13,14). The molecule has 7 nitrogen and oxygen atoms in total. The van der Waals surface area contributed by atoms with E-state index in [4.69, 9.17) is 10.9 Å². The van der Waals surface area contributed by atoms with Crippen molar-refractivity contribution in [1.82, 2.24) is 0 Å². The summed E-state index contributed by atoms with van der Waals surface area (Å²) in [5, 5.41) is 3.87. The van der Waals surface area contributed by atoms with E-state index in [1.54, 1.807) is 0 Å². The van der Waals surface area contributed by atoms with Crippen molar-refractivity contribution >= 4 is 42.9 Å². The lowest BCUT2D eigenvalue weighted by Gasteiger charge is -2.13. The molecule has 0 bridgehead atoms. The van der Waals surface area contributed by atoms with E-state index >= 15 is 0 Å². The molecule has 5 N–H and O–H groups in total. The molecule has 0 saturated heterocycles. The van der Waals surface area contributed by atoms with Gasteiger partial charge >= 0.3 is 0 Å². The molecular weight excluding hydrogens is 310 g/mol. The van der Waals surface area contributed by atoms with Gasteiger partial charge in [0.2, 0.25) is 20.0 Å². The summed E-state index contributed by atoms with van der Waals surface area (Å²) in [5.74, 6) is 0. The van der Waals surface area contributed by atoms with Crippen molar-refractivity contribution in [3.63, 3.8) is 0 Å². The molecule has 19 heavy (non-hydrogen) atoms. The van der Waals surface area contributed by atoms with E-state index < -0.39 is 25.3 Å². The molecule has 1 unspecified atom stereocenters.